The van der Waals surface area contributed by atoms with Gasteiger partial charge in [-0.15, -0.1) is 10.2 Å². The van der Waals surface area contributed by atoms with Gasteiger partial charge in [-0.2, -0.15) is 4.98 Å². The molecule has 0 spiro atoms. The minimum absolute atomic E-state index is 0.413. The number of nitrogens with one attached hydrogen (secondary N) is 1. The summed E-state index contributed by atoms with van der Waals surface area (Å²) in [5.74, 6) is 1.51. The molecule has 0 bridgehead atoms. The number of nitrogens with zero attached hydrogens (tertiary/aromatic N) is 4. The number of rotatable bonds is 6. The Bertz CT molecular complexity index is 511. The fourth-order valence-corrected chi connectivity index (χ4v) is 1.49. The van der Waals surface area contributed by atoms with E-state index in [-0.39, 0.29) is 0 Å². The van der Waals surface area contributed by atoms with Crippen LogP contribution in [0.15, 0.2) is 16.7 Å². The molecule has 0 amide bonds. The van der Waals surface area contributed by atoms with Gasteiger partial charge in [0.2, 0.25) is 17.6 Å². The van der Waals surface area contributed by atoms with Crippen LogP contribution in [0.3, 0.4) is 0 Å². The minimum Gasteiger partial charge on any atom is -0.480 e. The van der Waals surface area contributed by atoms with E-state index in [1.807, 2.05) is 7.05 Å². The average Bonchev–Trinajstić information content (AvgIpc) is 2.93. The zero-order chi connectivity index (χ0) is 13.7. The highest BCUT2D eigenvalue weighted by Gasteiger charge is 2.11. The maximum atomic E-state index is 5.18. The molecule has 102 valence electrons. The second kappa shape index (κ2) is 6.24. The summed E-state index contributed by atoms with van der Waals surface area (Å²) in [5.41, 5.74) is 0.567. The zero-order valence-electron chi connectivity index (χ0n) is 11.3. The molecule has 0 radical (unpaired) electrons. The Morgan fingerprint density at radius 1 is 1.37 bits per heavy atom. The third kappa shape index (κ3) is 3.47. The maximum absolute atomic E-state index is 5.18. The topological polar surface area (TPSA) is 86.0 Å². The fraction of sp³-hybridized carbons (Fsp3) is 0.500. The van der Waals surface area contributed by atoms with Crippen LogP contribution < -0.4 is 10.1 Å². The third-order valence-corrected chi connectivity index (χ3v) is 2.83. The molecular weight excluding hydrogens is 246 g/mol. The monoisotopic (exact) mass is 263 g/mol. The van der Waals surface area contributed by atoms with E-state index in [4.69, 9.17) is 9.26 Å². The second-order valence-corrected chi connectivity index (χ2v) is 4.20. The number of ether oxygens (including phenoxy) is 1. The first-order chi connectivity index (χ1) is 9.22. The van der Waals surface area contributed by atoms with Gasteiger partial charge in [-0.05, 0) is 26.5 Å². The molecule has 1 unspecified atom stereocenters. The van der Waals surface area contributed by atoms with Crippen molar-refractivity contribution in [3.8, 4) is 17.4 Å². The summed E-state index contributed by atoms with van der Waals surface area (Å²) in [7, 11) is 3.47. The fourth-order valence-electron chi connectivity index (χ4n) is 1.49. The lowest BCUT2D eigenvalue weighted by atomic mass is 10.2. The van der Waals surface area contributed by atoms with Crippen LogP contribution in [0.5, 0.6) is 5.88 Å². The molecule has 1 atom stereocenters. The van der Waals surface area contributed by atoms with Crippen LogP contribution in [0.4, 0.5) is 0 Å². The van der Waals surface area contributed by atoms with E-state index in [0.717, 1.165) is 12.8 Å². The van der Waals surface area contributed by atoms with E-state index in [9.17, 15) is 0 Å². The lowest BCUT2D eigenvalue weighted by Gasteiger charge is -2.06. The van der Waals surface area contributed by atoms with Gasteiger partial charge in [-0.1, -0.05) is 5.16 Å². The van der Waals surface area contributed by atoms with Crippen molar-refractivity contribution < 1.29 is 9.26 Å². The highest BCUT2D eigenvalue weighted by atomic mass is 16.5. The second-order valence-electron chi connectivity index (χ2n) is 4.20. The van der Waals surface area contributed by atoms with Gasteiger partial charge in [0.15, 0.2) is 0 Å². The van der Waals surface area contributed by atoms with E-state index in [1.54, 1.807) is 19.2 Å². The smallest absolute Gasteiger partial charge is 0.233 e. The largest absolute Gasteiger partial charge is 0.480 e. The maximum Gasteiger partial charge on any atom is 0.233 e. The predicted molar refractivity (Wildman–Crippen MR) is 68.7 cm³/mol. The van der Waals surface area contributed by atoms with Gasteiger partial charge in [0.25, 0.3) is 0 Å². The van der Waals surface area contributed by atoms with Crippen LogP contribution in [0.25, 0.3) is 11.5 Å². The van der Waals surface area contributed by atoms with Crippen molar-refractivity contribution in [2.45, 2.75) is 25.8 Å². The van der Waals surface area contributed by atoms with E-state index in [1.165, 1.54) is 0 Å². The quantitative estimate of drug-likeness (QED) is 0.834. The Hall–Kier alpha value is -2.02. The van der Waals surface area contributed by atoms with Gasteiger partial charge in [0.05, 0.1) is 7.11 Å². The highest BCUT2D eigenvalue weighted by molar-refractivity contribution is 5.47. The van der Waals surface area contributed by atoms with Gasteiger partial charge in [-0.25, -0.2) is 0 Å². The molecule has 7 heteroatoms. The molecule has 2 aromatic heterocycles. The SMILES string of the molecule is CNC(C)CCc1nc(-c2ccc(OC)nn2)no1. The van der Waals surface area contributed by atoms with Gasteiger partial charge in [-0.3, -0.25) is 0 Å². The van der Waals surface area contributed by atoms with Crippen molar-refractivity contribution in [1.29, 1.82) is 0 Å². The Morgan fingerprint density at radius 2 is 2.21 bits per heavy atom. The molecule has 19 heavy (non-hydrogen) atoms. The summed E-state index contributed by atoms with van der Waals surface area (Å²) in [4.78, 5) is 4.29. The standard InChI is InChI=1S/C12H17N5O2/c1-8(13-2)4-6-10-14-12(17-19-10)9-5-7-11(18-3)16-15-9/h5,7-8,13H,4,6H2,1-3H3. The van der Waals surface area contributed by atoms with E-state index in [2.05, 4.69) is 32.6 Å². The summed E-state index contributed by atoms with van der Waals surface area (Å²) in [6.07, 6.45) is 1.67. The van der Waals surface area contributed by atoms with E-state index < -0.39 is 0 Å². The number of aryl methyl sites for hydroxylation is 1. The van der Waals surface area contributed by atoms with Gasteiger partial charge < -0.3 is 14.6 Å². The molecule has 0 aliphatic rings. The molecule has 2 rings (SSSR count). The van der Waals surface area contributed by atoms with Crippen molar-refractivity contribution in [2.75, 3.05) is 14.2 Å². The van der Waals surface area contributed by atoms with Crippen LogP contribution in [0.2, 0.25) is 0 Å². The molecule has 0 fully saturated rings. The average molecular weight is 263 g/mol. The number of methoxy groups -OCH3 is 1. The number of aromatic nitrogens is 4. The van der Waals surface area contributed by atoms with Crippen molar-refractivity contribution in [3.63, 3.8) is 0 Å². The molecular formula is C12H17N5O2. The molecule has 7 nitrogen and oxygen atoms in total. The van der Waals surface area contributed by atoms with Crippen LogP contribution in [-0.2, 0) is 6.42 Å². The first-order valence-corrected chi connectivity index (χ1v) is 6.11. The molecule has 0 saturated carbocycles. The Balaban J connectivity index is 2.03. The number of hydrogen-bond donors (Lipinski definition) is 1. The Labute approximate surface area is 111 Å². The van der Waals surface area contributed by atoms with Crippen molar-refractivity contribution in [2.24, 2.45) is 0 Å². The molecule has 0 aliphatic carbocycles. The van der Waals surface area contributed by atoms with Crippen LogP contribution in [0.1, 0.15) is 19.2 Å². The zero-order valence-corrected chi connectivity index (χ0v) is 11.3. The molecule has 1 N–H and O–H groups in total. The van der Waals surface area contributed by atoms with E-state index >= 15 is 0 Å². The Morgan fingerprint density at radius 3 is 2.84 bits per heavy atom. The van der Waals surface area contributed by atoms with E-state index in [0.29, 0.717) is 29.3 Å². The molecule has 2 aromatic rings. The van der Waals surface area contributed by atoms with Gasteiger partial charge in [0.1, 0.15) is 5.69 Å². The summed E-state index contributed by atoms with van der Waals surface area (Å²) in [5, 5.41) is 14.9. The van der Waals surface area contributed by atoms with Gasteiger partial charge >= 0.3 is 0 Å². The third-order valence-electron chi connectivity index (χ3n) is 2.83. The molecule has 0 aliphatic heterocycles. The highest BCUT2D eigenvalue weighted by Crippen LogP contribution is 2.15. The summed E-state index contributed by atoms with van der Waals surface area (Å²) in [6, 6.07) is 3.87. The molecule has 0 aromatic carbocycles. The predicted octanol–water partition coefficient (Wildman–Crippen LogP) is 1.08. The summed E-state index contributed by atoms with van der Waals surface area (Å²) >= 11 is 0. The van der Waals surface area contributed by atoms with Crippen molar-refractivity contribution in [1.82, 2.24) is 25.7 Å². The summed E-state index contributed by atoms with van der Waals surface area (Å²) in [6.45, 7) is 2.10. The lowest BCUT2D eigenvalue weighted by molar-refractivity contribution is 0.369. The Kier molecular flexibility index (Phi) is 4.40. The van der Waals surface area contributed by atoms with Crippen molar-refractivity contribution >= 4 is 0 Å². The minimum atomic E-state index is 0.413. The van der Waals surface area contributed by atoms with Gasteiger partial charge in [0, 0.05) is 18.5 Å². The molecule has 0 saturated heterocycles. The summed E-state index contributed by atoms with van der Waals surface area (Å²) < 4.78 is 10.1. The van der Waals surface area contributed by atoms with Crippen molar-refractivity contribution in [3.05, 3.63) is 18.0 Å². The first-order valence-electron chi connectivity index (χ1n) is 6.11. The normalized spacial score (nSPS) is 12.4. The van der Waals surface area contributed by atoms with Crippen LogP contribution >= 0.6 is 0 Å². The number of hydrogen-bond acceptors (Lipinski definition) is 7. The molecule has 2 heterocycles. The lowest BCUT2D eigenvalue weighted by Crippen LogP contribution is -2.21. The first kappa shape index (κ1) is 13.4. The van der Waals surface area contributed by atoms with Crippen LogP contribution in [-0.4, -0.2) is 40.5 Å². The van der Waals surface area contributed by atoms with Crippen LogP contribution in [0, 0.1) is 0 Å².